The van der Waals surface area contributed by atoms with E-state index >= 15 is 0 Å². The first-order valence-electron chi connectivity index (χ1n) is 11.1. The smallest absolute Gasteiger partial charge is 0.341 e. The number of rotatable bonds is 8. The highest BCUT2D eigenvalue weighted by Crippen LogP contribution is 2.32. The van der Waals surface area contributed by atoms with Crippen LogP contribution in [0.1, 0.15) is 11.4 Å². The number of hydrogen-bond donors (Lipinski definition) is 1. The normalized spacial score (nSPS) is 12.9. The molecular formula is C22H16ClF7N8O2. The molecular weight excluding hydrogens is 577 g/mol. The minimum absolute atomic E-state index is 0.166. The van der Waals surface area contributed by atoms with Gasteiger partial charge in [-0.2, -0.15) is 26.3 Å². The summed E-state index contributed by atoms with van der Waals surface area (Å²) in [5.41, 5.74) is -2.04. The van der Waals surface area contributed by atoms with Gasteiger partial charge < -0.3 is 5.32 Å². The number of carbonyl (C=O) groups excluding carboxylic acids is 1. The van der Waals surface area contributed by atoms with Gasteiger partial charge in [-0.25, -0.2) is 28.5 Å². The number of nitrogens with zero attached hydrogens (tertiary/aromatic N) is 7. The largest absolute Gasteiger partial charge is 0.420 e. The molecule has 0 aliphatic heterocycles. The van der Waals surface area contributed by atoms with Crippen molar-refractivity contribution in [3.05, 3.63) is 75.8 Å². The van der Waals surface area contributed by atoms with Crippen LogP contribution in [0.3, 0.4) is 0 Å². The molecule has 0 bridgehead atoms. The van der Waals surface area contributed by atoms with Gasteiger partial charge in [0.15, 0.2) is 24.1 Å². The number of benzene rings is 1. The van der Waals surface area contributed by atoms with Crippen LogP contribution < -0.4 is 11.0 Å². The van der Waals surface area contributed by atoms with Crippen LogP contribution in [-0.4, -0.2) is 58.9 Å². The molecule has 1 N–H and O–H groups in total. The first-order chi connectivity index (χ1) is 18.8. The van der Waals surface area contributed by atoms with E-state index in [1.165, 1.54) is 29.6 Å². The summed E-state index contributed by atoms with van der Waals surface area (Å²) in [5, 5.41) is 9.73. The van der Waals surface area contributed by atoms with Gasteiger partial charge in [0.05, 0.1) is 6.54 Å². The molecule has 0 radical (unpaired) electrons. The monoisotopic (exact) mass is 592 g/mol. The van der Waals surface area contributed by atoms with Crippen LogP contribution in [0.2, 0.25) is 5.02 Å². The van der Waals surface area contributed by atoms with Crippen molar-refractivity contribution in [2.24, 2.45) is 0 Å². The third-order valence-corrected chi connectivity index (χ3v) is 5.63. The van der Waals surface area contributed by atoms with E-state index in [1.807, 2.05) is 0 Å². The lowest BCUT2D eigenvalue weighted by Gasteiger charge is -2.21. The first-order valence-corrected chi connectivity index (χ1v) is 11.4. The molecule has 4 aromatic rings. The molecule has 3 heterocycles. The summed E-state index contributed by atoms with van der Waals surface area (Å²) in [6.45, 7) is -3.44. The van der Waals surface area contributed by atoms with E-state index in [4.69, 9.17) is 11.6 Å². The molecule has 3 aromatic heterocycles. The van der Waals surface area contributed by atoms with E-state index in [-0.39, 0.29) is 22.2 Å². The van der Waals surface area contributed by atoms with E-state index in [0.29, 0.717) is 9.25 Å². The average molecular weight is 593 g/mol. The Morgan fingerprint density at radius 2 is 1.73 bits per heavy atom. The van der Waals surface area contributed by atoms with Gasteiger partial charge in [0.25, 0.3) is 5.91 Å². The fourth-order valence-electron chi connectivity index (χ4n) is 3.57. The Balaban J connectivity index is 1.73. The third kappa shape index (κ3) is 6.30. The minimum Gasteiger partial charge on any atom is -0.341 e. The number of amides is 1. The third-order valence-electron chi connectivity index (χ3n) is 5.38. The number of carbonyl (C=O) groups is 1. The van der Waals surface area contributed by atoms with Crippen molar-refractivity contribution in [1.82, 2.24) is 39.4 Å². The van der Waals surface area contributed by atoms with E-state index in [0.717, 1.165) is 29.3 Å². The number of nitrogens with one attached hydrogen (secondary N) is 1. The van der Waals surface area contributed by atoms with Gasteiger partial charge in [-0.15, -0.1) is 10.2 Å². The summed E-state index contributed by atoms with van der Waals surface area (Å²) in [4.78, 5) is 32.1. The van der Waals surface area contributed by atoms with Crippen LogP contribution in [0.25, 0.3) is 17.2 Å². The van der Waals surface area contributed by atoms with Crippen LogP contribution in [0.4, 0.5) is 30.7 Å². The van der Waals surface area contributed by atoms with Crippen molar-refractivity contribution in [2.45, 2.75) is 31.5 Å². The summed E-state index contributed by atoms with van der Waals surface area (Å²) in [6, 6.07) is 4.75. The maximum absolute atomic E-state index is 13.6. The molecule has 18 heteroatoms. The van der Waals surface area contributed by atoms with E-state index < -0.39 is 61.1 Å². The van der Waals surface area contributed by atoms with Crippen molar-refractivity contribution in [1.29, 1.82) is 0 Å². The van der Waals surface area contributed by atoms with Gasteiger partial charge in [-0.1, -0.05) is 11.6 Å². The summed E-state index contributed by atoms with van der Waals surface area (Å²) >= 11 is 5.87. The van der Waals surface area contributed by atoms with Crippen molar-refractivity contribution in [2.75, 3.05) is 6.67 Å². The topological polar surface area (TPSA) is 113 Å². The number of hydrogen-bond acceptors (Lipinski definition) is 6. The maximum atomic E-state index is 13.6. The Kier molecular flexibility index (Phi) is 7.95. The second-order valence-corrected chi connectivity index (χ2v) is 8.59. The SMILES string of the molecule is O=C(CF)NC(Cn1c(-c2ccc(Cl)cc2)nn(Cc2ncn(-c3ncccc3C(F)(F)F)n2)c1=O)C(F)(F)F. The molecule has 0 aliphatic rings. The van der Waals surface area contributed by atoms with Crippen molar-refractivity contribution < 1.29 is 35.5 Å². The molecule has 1 aromatic carbocycles. The van der Waals surface area contributed by atoms with Crippen molar-refractivity contribution >= 4 is 17.5 Å². The van der Waals surface area contributed by atoms with Crippen molar-refractivity contribution in [3.8, 4) is 17.2 Å². The Bertz CT molecular complexity index is 1560. The molecule has 212 valence electrons. The summed E-state index contributed by atoms with van der Waals surface area (Å²) < 4.78 is 95.7. The number of aromatic nitrogens is 7. The predicted molar refractivity (Wildman–Crippen MR) is 124 cm³/mol. The molecule has 1 amide bonds. The molecule has 1 unspecified atom stereocenters. The molecule has 0 aliphatic carbocycles. The quantitative estimate of drug-likeness (QED) is 0.314. The van der Waals surface area contributed by atoms with Crippen molar-refractivity contribution in [3.63, 3.8) is 0 Å². The maximum Gasteiger partial charge on any atom is 0.420 e. The standard InChI is InChI=1S/C22H16ClF7N8O2/c23-13-5-3-12(4-6-13)18-35-37(20(40)36(18)9-15(22(28,29)30)33-17(39)8-24)10-16-32-11-38(34-16)19-14(21(25,26)27)2-1-7-31-19/h1-7,11,15H,8-10H2,(H,33,39). The van der Waals surface area contributed by atoms with Crippen LogP contribution in [-0.2, 0) is 24.1 Å². The second kappa shape index (κ2) is 11.1. The zero-order valence-corrected chi connectivity index (χ0v) is 20.5. The van der Waals surface area contributed by atoms with Gasteiger partial charge in [-0.3, -0.25) is 9.36 Å². The predicted octanol–water partition coefficient (Wildman–Crippen LogP) is 3.42. The molecule has 0 saturated heterocycles. The lowest BCUT2D eigenvalue weighted by Crippen LogP contribution is -2.49. The van der Waals surface area contributed by atoms with E-state index in [9.17, 15) is 40.3 Å². The fraction of sp³-hybridized carbons (Fsp3) is 0.273. The molecule has 1 atom stereocenters. The van der Waals surface area contributed by atoms with Gasteiger partial charge in [-0.05, 0) is 36.4 Å². The van der Waals surface area contributed by atoms with E-state index in [1.54, 1.807) is 0 Å². The number of pyridine rings is 1. The average Bonchev–Trinajstić information content (AvgIpc) is 3.48. The van der Waals surface area contributed by atoms with Gasteiger partial charge in [0.2, 0.25) is 0 Å². The minimum atomic E-state index is -5.07. The molecule has 0 fully saturated rings. The highest BCUT2D eigenvalue weighted by Gasteiger charge is 2.42. The lowest BCUT2D eigenvalue weighted by atomic mass is 10.2. The molecule has 10 nitrogen and oxygen atoms in total. The number of alkyl halides is 7. The molecule has 0 spiro atoms. The highest BCUT2D eigenvalue weighted by atomic mass is 35.5. The van der Waals surface area contributed by atoms with Crippen LogP contribution in [0.15, 0.2) is 53.7 Å². The van der Waals surface area contributed by atoms with Crippen LogP contribution in [0.5, 0.6) is 0 Å². The van der Waals surface area contributed by atoms with Gasteiger partial charge >= 0.3 is 18.0 Å². The number of halogens is 8. The Morgan fingerprint density at radius 3 is 2.35 bits per heavy atom. The summed E-state index contributed by atoms with van der Waals surface area (Å²) in [7, 11) is 0. The summed E-state index contributed by atoms with van der Waals surface area (Å²) in [6.07, 6.45) is -7.80. The second-order valence-electron chi connectivity index (χ2n) is 8.15. The van der Waals surface area contributed by atoms with E-state index in [2.05, 4.69) is 20.2 Å². The fourth-order valence-corrected chi connectivity index (χ4v) is 3.70. The zero-order chi connectivity index (χ0) is 29.2. The van der Waals surface area contributed by atoms with Gasteiger partial charge in [0.1, 0.15) is 24.5 Å². The Labute approximate surface area is 224 Å². The van der Waals surface area contributed by atoms with Crippen LogP contribution >= 0.6 is 11.6 Å². The highest BCUT2D eigenvalue weighted by molar-refractivity contribution is 6.30. The lowest BCUT2D eigenvalue weighted by molar-refractivity contribution is -0.164. The molecule has 4 rings (SSSR count). The molecule has 40 heavy (non-hydrogen) atoms. The molecule has 0 saturated carbocycles. The Morgan fingerprint density at radius 1 is 1.02 bits per heavy atom. The van der Waals surface area contributed by atoms with Crippen LogP contribution in [0, 0.1) is 0 Å². The first kappa shape index (κ1) is 28.7. The Hall–Kier alpha value is -4.28. The zero-order valence-electron chi connectivity index (χ0n) is 19.8. The summed E-state index contributed by atoms with van der Waals surface area (Å²) in [5.74, 6) is -2.62. The van der Waals surface area contributed by atoms with Gasteiger partial charge in [0, 0.05) is 16.8 Å².